The van der Waals surface area contributed by atoms with E-state index in [1.54, 1.807) is 0 Å². The van der Waals surface area contributed by atoms with Crippen molar-refractivity contribution < 1.29 is 9.47 Å². The topological polar surface area (TPSA) is 60.4 Å². The molecule has 7 heteroatoms. The van der Waals surface area contributed by atoms with Crippen molar-refractivity contribution in [2.75, 3.05) is 31.8 Å². The summed E-state index contributed by atoms with van der Waals surface area (Å²) >= 11 is 5.84. The molecule has 2 heterocycles. The highest BCUT2D eigenvalue weighted by Gasteiger charge is 2.23. The Kier molecular flexibility index (Phi) is 3.96. The van der Waals surface area contributed by atoms with Gasteiger partial charge in [0.25, 0.3) is 0 Å². The van der Waals surface area contributed by atoms with Crippen LogP contribution in [0.5, 0.6) is 6.01 Å². The quantitative estimate of drug-likeness (QED) is 0.807. The summed E-state index contributed by atoms with van der Waals surface area (Å²) in [6.07, 6.45) is 0.962. The number of ether oxygens (including phenoxy) is 2. The van der Waals surface area contributed by atoms with Crippen LogP contribution in [0.4, 0.5) is 5.95 Å². The first-order valence-corrected chi connectivity index (χ1v) is 5.93. The maximum atomic E-state index is 5.84. The molecule has 17 heavy (non-hydrogen) atoms. The summed E-state index contributed by atoms with van der Waals surface area (Å²) in [4.78, 5) is 14.1. The zero-order chi connectivity index (χ0) is 12.3. The zero-order valence-corrected chi connectivity index (χ0v) is 10.6. The second-order valence-corrected chi connectivity index (χ2v) is 4.09. The molecular weight excluding hydrogens is 244 g/mol. The van der Waals surface area contributed by atoms with Crippen LogP contribution in [-0.2, 0) is 4.74 Å². The number of likely N-dealkylation sites (N-methyl/N-ethyl adjacent to an activating group) is 1. The van der Waals surface area contributed by atoms with Crippen molar-refractivity contribution in [3.05, 3.63) is 5.28 Å². The van der Waals surface area contributed by atoms with Gasteiger partial charge in [-0.1, -0.05) is 0 Å². The number of anilines is 1. The molecule has 1 aliphatic heterocycles. The molecule has 0 spiro atoms. The maximum absolute atomic E-state index is 5.84. The summed E-state index contributed by atoms with van der Waals surface area (Å²) in [5.41, 5.74) is 0. The lowest BCUT2D eigenvalue weighted by atomic mass is 10.2. The standard InChI is InChI=1S/C10H15ClN4O2/c1-3-17-10-13-8(11)12-9(14-10)15(2)7-4-5-16-6-7/h7H,3-6H2,1-2H3. The van der Waals surface area contributed by atoms with Gasteiger partial charge in [0.1, 0.15) is 0 Å². The van der Waals surface area contributed by atoms with Crippen LogP contribution in [0.1, 0.15) is 13.3 Å². The minimum atomic E-state index is 0.143. The van der Waals surface area contributed by atoms with Gasteiger partial charge >= 0.3 is 6.01 Å². The number of rotatable bonds is 4. The highest BCUT2D eigenvalue weighted by atomic mass is 35.5. The molecule has 94 valence electrons. The Hall–Kier alpha value is -1.14. The van der Waals surface area contributed by atoms with Crippen LogP contribution in [0.3, 0.4) is 0 Å². The molecule has 2 rings (SSSR count). The van der Waals surface area contributed by atoms with Crippen LogP contribution in [-0.4, -0.2) is 47.9 Å². The van der Waals surface area contributed by atoms with E-state index in [2.05, 4.69) is 15.0 Å². The number of hydrogen-bond donors (Lipinski definition) is 0. The van der Waals surface area contributed by atoms with E-state index in [1.807, 2.05) is 18.9 Å². The molecule has 0 N–H and O–H groups in total. The van der Waals surface area contributed by atoms with Gasteiger partial charge < -0.3 is 14.4 Å². The molecule has 0 aromatic carbocycles. The van der Waals surface area contributed by atoms with Crippen molar-refractivity contribution in [1.82, 2.24) is 15.0 Å². The van der Waals surface area contributed by atoms with Gasteiger partial charge in [0.05, 0.1) is 19.3 Å². The van der Waals surface area contributed by atoms with Crippen molar-refractivity contribution in [3.63, 3.8) is 0 Å². The third kappa shape index (κ3) is 2.95. The van der Waals surface area contributed by atoms with Crippen LogP contribution in [0.2, 0.25) is 5.28 Å². The molecule has 1 saturated heterocycles. The maximum Gasteiger partial charge on any atom is 0.322 e. The number of halogens is 1. The first-order valence-electron chi connectivity index (χ1n) is 5.55. The van der Waals surface area contributed by atoms with Crippen LogP contribution in [0, 0.1) is 0 Å². The minimum absolute atomic E-state index is 0.143. The molecule has 1 unspecified atom stereocenters. The predicted molar refractivity (Wildman–Crippen MR) is 63.6 cm³/mol. The van der Waals surface area contributed by atoms with Crippen LogP contribution in [0.25, 0.3) is 0 Å². The summed E-state index contributed by atoms with van der Waals surface area (Å²) in [7, 11) is 1.92. The Morgan fingerprint density at radius 1 is 1.47 bits per heavy atom. The van der Waals surface area contributed by atoms with E-state index >= 15 is 0 Å². The Balaban J connectivity index is 2.18. The van der Waals surface area contributed by atoms with Crippen molar-refractivity contribution in [2.24, 2.45) is 0 Å². The first kappa shape index (κ1) is 12.3. The van der Waals surface area contributed by atoms with E-state index in [4.69, 9.17) is 21.1 Å². The van der Waals surface area contributed by atoms with Gasteiger partial charge in [0.15, 0.2) is 0 Å². The van der Waals surface area contributed by atoms with Gasteiger partial charge in [-0.05, 0) is 24.9 Å². The van der Waals surface area contributed by atoms with Crippen LogP contribution < -0.4 is 9.64 Å². The highest BCUT2D eigenvalue weighted by Crippen LogP contribution is 2.19. The lowest BCUT2D eigenvalue weighted by molar-refractivity contribution is 0.193. The van der Waals surface area contributed by atoms with E-state index in [-0.39, 0.29) is 17.3 Å². The fourth-order valence-electron chi connectivity index (χ4n) is 1.66. The fourth-order valence-corrected chi connectivity index (χ4v) is 1.81. The second kappa shape index (κ2) is 5.46. The first-order chi connectivity index (χ1) is 8.20. The van der Waals surface area contributed by atoms with Gasteiger partial charge in [-0.25, -0.2) is 0 Å². The molecule has 1 aromatic rings. The molecule has 1 aromatic heterocycles. The molecule has 0 saturated carbocycles. The number of aromatic nitrogens is 3. The average Bonchev–Trinajstić information content (AvgIpc) is 2.81. The van der Waals surface area contributed by atoms with Crippen molar-refractivity contribution in [2.45, 2.75) is 19.4 Å². The monoisotopic (exact) mass is 258 g/mol. The van der Waals surface area contributed by atoms with Gasteiger partial charge in [0, 0.05) is 13.7 Å². The third-order valence-corrected chi connectivity index (χ3v) is 2.79. The Morgan fingerprint density at radius 3 is 2.94 bits per heavy atom. The SMILES string of the molecule is CCOc1nc(Cl)nc(N(C)C2CCOC2)n1. The molecular formula is C10H15ClN4O2. The largest absolute Gasteiger partial charge is 0.464 e. The average molecular weight is 259 g/mol. The van der Waals surface area contributed by atoms with E-state index < -0.39 is 0 Å². The van der Waals surface area contributed by atoms with Crippen molar-refractivity contribution in [3.8, 4) is 6.01 Å². The molecule has 0 aliphatic carbocycles. The number of nitrogens with zero attached hydrogens (tertiary/aromatic N) is 4. The predicted octanol–water partition coefficient (Wildman–Crippen LogP) is 1.15. The van der Waals surface area contributed by atoms with Crippen molar-refractivity contribution in [1.29, 1.82) is 0 Å². The lowest BCUT2D eigenvalue weighted by Crippen LogP contribution is -2.33. The summed E-state index contributed by atoms with van der Waals surface area (Å²) < 4.78 is 10.6. The van der Waals surface area contributed by atoms with E-state index in [1.165, 1.54) is 0 Å². The molecule has 0 amide bonds. The molecule has 6 nitrogen and oxygen atoms in total. The normalized spacial score (nSPS) is 19.4. The van der Waals surface area contributed by atoms with E-state index in [9.17, 15) is 0 Å². The molecule has 1 aliphatic rings. The van der Waals surface area contributed by atoms with Crippen LogP contribution >= 0.6 is 11.6 Å². The molecule has 0 bridgehead atoms. The van der Waals surface area contributed by atoms with E-state index in [0.29, 0.717) is 19.2 Å². The fraction of sp³-hybridized carbons (Fsp3) is 0.700. The molecule has 1 atom stereocenters. The highest BCUT2D eigenvalue weighted by molar-refractivity contribution is 6.28. The summed E-state index contributed by atoms with van der Waals surface area (Å²) in [6.45, 7) is 3.82. The Labute approximate surface area is 105 Å². The van der Waals surface area contributed by atoms with E-state index in [0.717, 1.165) is 13.0 Å². The van der Waals surface area contributed by atoms with Gasteiger partial charge in [-0.15, -0.1) is 0 Å². The lowest BCUT2D eigenvalue weighted by Gasteiger charge is -2.22. The second-order valence-electron chi connectivity index (χ2n) is 3.75. The third-order valence-electron chi connectivity index (χ3n) is 2.62. The Bertz CT molecular complexity index is 385. The summed E-state index contributed by atoms with van der Waals surface area (Å²) in [5.74, 6) is 0.518. The van der Waals surface area contributed by atoms with Gasteiger partial charge in [-0.3, -0.25) is 0 Å². The zero-order valence-electron chi connectivity index (χ0n) is 9.89. The smallest absolute Gasteiger partial charge is 0.322 e. The summed E-state index contributed by atoms with van der Waals surface area (Å²) in [5, 5.41) is 0.143. The Morgan fingerprint density at radius 2 is 2.29 bits per heavy atom. The van der Waals surface area contributed by atoms with Gasteiger partial charge in [0.2, 0.25) is 11.2 Å². The number of hydrogen-bond acceptors (Lipinski definition) is 6. The molecule has 0 radical (unpaired) electrons. The van der Waals surface area contributed by atoms with Crippen LogP contribution in [0.15, 0.2) is 0 Å². The molecule has 1 fully saturated rings. The summed E-state index contributed by atoms with van der Waals surface area (Å²) in [6, 6.07) is 0.538. The van der Waals surface area contributed by atoms with Crippen molar-refractivity contribution >= 4 is 17.5 Å². The van der Waals surface area contributed by atoms with Gasteiger partial charge in [-0.2, -0.15) is 15.0 Å². The minimum Gasteiger partial charge on any atom is -0.464 e.